The van der Waals surface area contributed by atoms with Gasteiger partial charge in [-0.05, 0) is 50.1 Å². The summed E-state index contributed by atoms with van der Waals surface area (Å²) < 4.78 is 30.3. The third-order valence-corrected chi connectivity index (χ3v) is 8.79. The van der Waals surface area contributed by atoms with Gasteiger partial charge in [0.15, 0.2) is 5.65 Å². The third-order valence-electron chi connectivity index (χ3n) is 7.17. The van der Waals surface area contributed by atoms with Crippen LogP contribution in [0.5, 0.6) is 0 Å². The Morgan fingerprint density at radius 3 is 2.65 bits per heavy atom. The zero-order valence-electron chi connectivity index (χ0n) is 22.6. The minimum Gasteiger partial charge on any atom is -0.355 e. The number of hydrogen-bond acceptors (Lipinski definition) is 7. The molecular formula is C28H32ClN7O3S. The number of nitrogens with zero attached hydrogens (tertiary/aromatic N) is 5. The molecule has 10 nitrogen and oxygen atoms in total. The second-order valence-corrected chi connectivity index (χ2v) is 12.2. The molecule has 2 atom stereocenters. The summed E-state index contributed by atoms with van der Waals surface area (Å²) in [5.41, 5.74) is 8.73. The summed E-state index contributed by atoms with van der Waals surface area (Å²) in [5, 5.41) is 5.06. The number of halogens is 1. The Kier molecular flexibility index (Phi) is 7.72. The van der Waals surface area contributed by atoms with E-state index in [-0.39, 0.29) is 22.2 Å². The van der Waals surface area contributed by atoms with E-state index < -0.39 is 22.0 Å². The van der Waals surface area contributed by atoms with Crippen LogP contribution in [0.3, 0.4) is 0 Å². The van der Waals surface area contributed by atoms with Crippen molar-refractivity contribution in [1.29, 1.82) is 0 Å². The van der Waals surface area contributed by atoms with E-state index in [4.69, 9.17) is 27.4 Å². The molecule has 1 aliphatic rings. The largest absolute Gasteiger partial charge is 0.355 e. The number of benzene rings is 2. The van der Waals surface area contributed by atoms with E-state index >= 15 is 0 Å². The number of nitrogens with one attached hydrogen (secondary N) is 1. The molecular weight excluding hydrogens is 550 g/mol. The second kappa shape index (κ2) is 11.1. The van der Waals surface area contributed by atoms with Gasteiger partial charge >= 0.3 is 0 Å². The van der Waals surface area contributed by atoms with Crippen molar-refractivity contribution in [2.24, 2.45) is 5.73 Å². The van der Waals surface area contributed by atoms with Crippen molar-refractivity contribution in [3.8, 4) is 0 Å². The molecule has 0 bridgehead atoms. The van der Waals surface area contributed by atoms with Gasteiger partial charge < -0.3 is 15.5 Å². The molecule has 2 aromatic carbocycles. The highest BCUT2D eigenvalue weighted by atomic mass is 35.5. The van der Waals surface area contributed by atoms with E-state index in [2.05, 4.69) is 9.62 Å². The molecule has 210 valence electrons. The van der Waals surface area contributed by atoms with Gasteiger partial charge in [-0.2, -0.15) is 5.10 Å². The summed E-state index contributed by atoms with van der Waals surface area (Å²) >= 11 is 6.25. The molecule has 1 amide bonds. The molecule has 0 unspecified atom stereocenters. The third kappa shape index (κ3) is 5.49. The normalized spacial score (nSPS) is 16.3. The minimum absolute atomic E-state index is 0.0888. The van der Waals surface area contributed by atoms with Gasteiger partial charge in [-0.25, -0.2) is 17.9 Å². The average molecular weight is 582 g/mol. The molecule has 5 rings (SSSR count). The quantitative estimate of drug-likeness (QED) is 0.318. The molecule has 40 heavy (non-hydrogen) atoms. The molecule has 1 saturated heterocycles. The van der Waals surface area contributed by atoms with Crippen molar-refractivity contribution in [1.82, 2.24) is 19.5 Å². The molecule has 0 spiro atoms. The number of nitrogens with two attached hydrogens (primary N) is 1. The molecule has 2 aromatic heterocycles. The zero-order chi connectivity index (χ0) is 28.6. The first kappa shape index (κ1) is 27.9. The van der Waals surface area contributed by atoms with Crippen LogP contribution in [-0.4, -0.2) is 60.0 Å². The van der Waals surface area contributed by atoms with Crippen LogP contribution in [0.4, 0.5) is 11.5 Å². The fourth-order valence-electron chi connectivity index (χ4n) is 5.08. The summed E-state index contributed by atoms with van der Waals surface area (Å²) in [4.78, 5) is 22.5. The van der Waals surface area contributed by atoms with Gasteiger partial charge in [0.25, 0.3) is 15.9 Å². The molecule has 0 radical (unpaired) electrons. The van der Waals surface area contributed by atoms with Gasteiger partial charge in [-0.15, -0.1) is 0 Å². The Hall–Kier alpha value is -3.67. The van der Waals surface area contributed by atoms with Gasteiger partial charge in [-0.3, -0.25) is 9.52 Å². The maximum atomic E-state index is 13.8. The summed E-state index contributed by atoms with van der Waals surface area (Å²) in [6.45, 7) is 5.58. The SMILES string of the molecule is CC[C@@H](c1cc2nc(N3CC[C@H](N)C3)c(C)cn2n1)N(C)C(=O)c1cc(Cl)ccc1NS(=O)(=O)c1ccccc1. The first-order valence-corrected chi connectivity index (χ1v) is 15.0. The van der Waals surface area contributed by atoms with E-state index in [0.29, 0.717) is 22.8 Å². The van der Waals surface area contributed by atoms with Crippen LogP contribution in [0.15, 0.2) is 65.7 Å². The predicted octanol–water partition coefficient (Wildman–Crippen LogP) is 4.25. The van der Waals surface area contributed by atoms with E-state index in [9.17, 15) is 13.2 Å². The van der Waals surface area contributed by atoms with Crippen LogP contribution in [-0.2, 0) is 10.0 Å². The summed E-state index contributed by atoms with van der Waals surface area (Å²) in [6.07, 6.45) is 3.44. The number of carbonyl (C=O) groups is 1. The van der Waals surface area contributed by atoms with Gasteiger partial charge in [0.1, 0.15) is 5.82 Å². The number of amides is 1. The van der Waals surface area contributed by atoms with Crippen molar-refractivity contribution in [3.05, 3.63) is 82.6 Å². The average Bonchev–Trinajstić information content (AvgIpc) is 3.55. The van der Waals surface area contributed by atoms with E-state index in [1.54, 1.807) is 40.7 Å². The van der Waals surface area contributed by atoms with Crippen molar-refractivity contribution >= 4 is 44.7 Å². The standard InChI is InChI=1S/C28H32ClN7O3S/c1-4-25(24-15-26-31-27(18(2)16-36(26)32-24)35-13-12-20(30)17-35)34(3)28(37)22-14-19(29)10-11-23(22)33-40(38,39)21-8-6-5-7-9-21/h5-11,14-16,20,25,33H,4,12-13,17,30H2,1-3H3/t20-,25-/m0/s1. The number of fused-ring (bicyclic) bond motifs is 1. The highest BCUT2D eigenvalue weighted by molar-refractivity contribution is 7.92. The van der Waals surface area contributed by atoms with E-state index in [1.165, 1.54) is 24.3 Å². The predicted molar refractivity (Wildman–Crippen MR) is 156 cm³/mol. The lowest BCUT2D eigenvalue weighted by atomic mass is 10.1. The lowest BCUT2D eigenvalue weighted by Gasteiger charge is -2.27. The van der Waals surface area contributed by atoms with Crippen LogP contribution >= 0.6 is 11.6 Å². The van der Waals surface area contributed by atoms with Gasteiger partial charge in [0, 0.05) is 49.0 Å². The molecule has 3 N–H and O–H groups in total. The summed E-state index contributed by atoms with van der Waals surface area (Å²) in [6, 6.07) is 14.1. The number of anilines is 2. The van der Waals surface area contributed by atoms with Crippen LogP contribution in [0.2, 0.25) is 5.02 Å². The van der Waals surface area contributed by atoms with Crippen molar-refractivity contribution in [2.75, 3.05) is 29.8 Å². The Morgan fingerprint density at radius 2 is 1.98 bits per heavy atom. The van der Waals surface area contributed by atoms with Gasteiger partial charge in [-0.1, -0.05) is 36.7 Å². The number of carbonyl (C=O) groups excluding carboxylic acids is 1. The smallest absolute Gasteiger partial charge is 0.261 e. The van der Waals surface area contributed by atoms with Crippen LogP contribution in [0.1, 0.15) is 47.4 Å². The maximum Gasteiger partial charge on any atom is 0.261 e. The first-order valence-electron chi connectivity index (χ1n) is 13.1. The van der Waals surface area contributed by atoms with Crippen molar-refractivity contribution in [2.45, 2.75) is 43.7 Å². The van der Waals surface area contributed by atoms with Gasteiger partial charge in [0.05, 0.1) is 27.9 Å². The van der Waals surface area contributed by atoms with Crippen LogP contribution < -0.4 is 15.4 Å². The summed E-state index contributed by atoms with van der Waals surface area (Å²) in [5.74, 6) is 0.492. The van der Waals surface area contributed by atoms with E-state index in [1.807, 2.05) is 26.1 Å². The topological polar surface area (TPSA) is 126 Å². The number of aromatic nitrogens is 3. The molecule has 4 aromatic rings. The molecule has 3 heterocycles. The summed E-state index contributed by atoms with van der Waals surface area (Å²) in [7, 11) is -2.25. The van der Waals surface area contributed by atoms with Crippen LogP contribution in [0, 0.1) is 6.92 Å². The number of sulfonamides is 1. The highest BCUT2D eigenvalue weighted by Gasteiger charge is 2.28. The lowest BCUT2D eigenvalue weighted by molar-refractivity contribution is 0.0723. The lowest BCUT2D eigenvalue weighted by Crippen LogP contribution is -2.32. The molecule has 0 saturated carbocycles. The van der Waals surface area contributed by atoms with Crippen molar-refractivity contribution < 1.29 is 13.2 Å². The Balaban J connectivity index is 1.45. The first-order chi connectivity index (χ1) is 19.1. The fraction of sp³-hybridized carbons (Fsp3) is 0.321. The van der Waals surface area contributed by atoms with Crippen LogP contribution in [0.25, 0.3) is 5.65 Å². The molecule has 1 fully saturated rings. The molecule has 12 heteroatoms. The zero-order valence-corrected chi connectivity index (χ0v) is 24.2. The second-order valence-electron chi connectivity index (χ2n) is 10.1. The molecule has 0 aliphatic carbocycles. The van der Waals surface area contributed by atoms with Gasteiger partial charge in [0.2, 0.25) is 0 Å². The Labute approximate surface area is 238 Å². The molecule has 1 aliphatic heterocycles. The fourth-order valence-corrected chi connectivity index (χ4v) is 6.35. The highest BCUT2D eigenvalue weighted by Crippen LogP contribution is 2.30. The monoisotopic (exact) mass is 581 g/mol. The number of aryl methyl sites for hydroxylation is 1. The number of hydrogen-bond donors (Lipinski definition) is 2. The van der Waals surface area contributed by atoms with Crippen molar-refractivity contribution in [3.63, 3.8) is 0 Å². The Bertz CT molecular complexity index is 1660. The number of rotatable bonds is 8. The minimum atomic E-state index is -3.92. The Morgan fingerprint density at radius 1 is 1.23 bits per heavy atom. The van der Waals surface area contributed by atoms with E-state index in [0.717, 1.165) is 30.9 Å². The maximum absolute atomic E-state index is 13.8.